The number of benzene rings is 3. The zero-order valence-corrected chi connectivity index (χ0v) is 32.2. The van der Waals surface area contributed by atoms with E-state index in [9.17, 15) is 9.90 Å². The first-order valence-corrected chi connectivity index (χ1v) is 19.6. The fraction of sp³-hybridized carbons (Fsp3) is 0.525. The molecule has 0 saturated heterocycles. The van der Waals surface area contributed by atoms with Gasteiger partial charge in [0.2, 0.25) is 0 Å². The Kier molecular flexibility index (Phi) is 19.0. The van der Waals surface area contributed by atoms with E-state index >= 15 is 0 Å². The smallest absolute Gasteiger partial charge is 0.305 e. The van der Waals surface area contributed by atoms with E-state index < -0.39 is 14.4 Å². The number of esters is 1. The number of methoxy groups -OCH3 is 1. The second-order valence-electron chi connectivity index (χ2n) is 13.6. The van der Waals surface area contributed by atoms with Gasteiger partial charge in [0.05, 0.1) is 58.0 Å². The van der Waals surface area contributed by atoms with Crippen molar-refractivity contribution in [1.29, 1.82) is 0 Å². The molecular weight excluding hydrogens is 669 g/mol. The molecular formula is C40H58O10Si. The lowest BCUT2D eigenvalue weighted by atomic mass is 10.1. The summed E-state index contributed by atoms with van der Waals surface area (Å²) in [5.74, 6) is -0.352. The molecule has 0 fully saturated rings. The first-order chi connectivity index (χ1) is 24.6. The minimum atomic E-state index is -2.70. The summed E-state index contributed by atoms with van der Waals surface area (Å²) in [5, 5.41) is 11.8. The van der Waals surface area contributed by atoms with Crippen LogP contribution in [0.1, 0.15) is 53.0 Å². The quantitative estimate of drug-likeness (QED) is 0.0539. The van der Waals surface area contributed by atoms with Gasteiger partial charge in [0.25, 0.3) is 8.32 Å². The van der Waals surface area contributed by atoms with Gasteiger partial charge in [-0.1, -0.05) is 112 Å². The van der Waals surface area contributed by atoms with Crippen molar-refractivity contribution in [1.82, 2.24) is 0 Å². The van der Waals surface area contributed by atoms with E-state index in [0.717, 1.165) is 5.56 Å². The molecule has 0 unspecified atom stereocenters. The predicted octanol–water partition coefficient (Wildman–Crippen LogP) is 5.24. The highest BCUT2D eigenvalue weighted by molar-refractivity contribution is 6.99. The zero-order chi connectivity index (χ0) is 37.0. The number of carbonyl (C=O) groups excluding carboxylic acids is 1. The van der Waals surface area contributed by atoms with Crippen LogP contribution in [0.15, 0.2) is 91.0 Å². The second-order valence-corrected chi connectivity index (χ2v) is 17.9. The fourth-order valence-electron chi connectivity index (χ4n) is 5.79. The molecule has 282 valence electrons. The van der Waals surface area contributed by atoms with Crippen molar-refractivity contribution < 1.29 is 47.5 Å². The fourth-order valence-corrected chi connectivity index (χ4v) is 10.5. The highest BCUT2D eigenvalue weighted by atomic mass is 28.4. The molecule has 0 aliphatic heterocycles. The van der Waals surface area contributed by atoms with Crippen LogP contribution in [-0.4, -0.2) is 97.7 Å². The molecule has 0 radical (unpaired) electrons. The Hall–Kier alpha value is -2.97. The van der Waals surface area contributed by atoms with Crippen molar-refractivity contribution in [2.45, 2.75) is 83.3 Å². The lowest BCUT2D eigenvalue weighted by Gasteiger charge is -2.44. The summed E-state index contributed by atoms with van der Waals surface area (Å²) in [6.07, 6.45) is -0.0484. The molecule has 0 spiro atoms. The minimum absolute atomic E-state index is 0.0323. The van der Waals surface area contributed by atoms with Gasteiger partial charge in [-0.15, -0.1) is 0 Å². The van der Waals surface area contributed by atoms with E-state index in [1.165, 1.54) is 17.5 Å². The van der Waals surface area contributed by atoms with Gasteiger partial charge in [0.1, 0.15) is 20.4 Å². The van der Waals surface area contributed by atoms with Crippen LogP contribution in [0.4, 0.5) is 0 Å². The molecule has 11 heteroatoms. The second kappa shape index (κ2) is 22.9. The number of aliphatic hydroxyl groups is 1. The average Bonchev–Trinajstić information content (AvgIpc) is 3.14. The summed E-state index contributed by atoms with van der Waals surface area (Å²) in [6, 6.07) is 31.3. The maximum Gasteiger partial charge on any atom is 0.305 e. The molecule has 10 nitrogen and oxygen atoms in total. The first-order valence-electron chi connectivity index (χ1n) is 17.7. The van der Waals surface area contributed by atoms with E-state index in [4.69, 9.17) is 32.8 Å². The highest BCUT2D eigenvalue weighted by Crippen LogP contribution is 2.37. The maximum absolute atomic E-state index is 11.3. The summed E-state index contributed by atoms with van der Waals surface area (Å²) >= 11 is 0. The topological polar surface area (TPSA) is 111 Å². The molecule has 51 heavy (non-hydrogen) atoms. The average molecular weight is 727 g/mol. The number of ether oxygens (including phenoxy) is 7. The van der Waals surface area contributed by atoms with Gasteiger partial charge in [-0.25, -0.2) is 0 Å². The first kappa shape index (κ1) is 42.4. The van der Waals surface area contributed by atoms with Crippen LogP contribution in [0.25, 0.3) is 0 Å². The third kappa shape index (κ3) is 14.5. The van der Waals surface area contributed by atoms with Crippen molar-refractivity contribution in [2.24, 2.45) is 0 Å². The Bertz CT molecular complexity index is 1300. The van der Waals surface area contributed by atoms with Crippen LogP contribution in [0, 0.1) is 0 Å². The number of hydrogen-bond donors (Lipinski definition) is 1. The summed E-state index contributed by atoms with van der Waals surface area (Å²) in [7, 11) is -1.37. The highest BCUT2D eigenvalue weighted by Gasteiger charge is 2.51. The Balaban J connectivity index is 1.47. The van der Waals surface area contributed by atoms with Gasteiger partial charge in [0, 0.05) is 12.8 Å². The van der Waals surface area contributed by atoms with Crippen LogP contribution in [0.3, 0.4) is 0 Å². The molecule has 4 atom stereocenters. The van der Waals surface area contributed by atoms with Crippen molar-refractivity contribution in [2.75, 3.05) is 53.9 Å². The largest absolute Gasteiger partial charge is 0.469 e. The molecule has 0 saturated carbocycles. The molecule has 3 rings (SSSR count). The van der Waals surface area contributed by atoms with Gasteiger partial charge in [-0.05, 0) is 41.2 Å². The molecule has 0 bridgehead atoms. The van der Waals surface area contributed by atoms with E-state index in [1.54, 1.807) is 0 Å². The summed E-state index contributed by atoms with van der Waals surface area (Å²) in [4.78, 5) is 11.3. The Morgan fingerprint density at radius 2 is 1.18 bits per heavy atom. The molecule has 0 amide bonds. The van der Waals surface area contributed by atoms with Crippen molar-refractivity contribution in [3.8, 4) is 0 Å². The van der Waals surface area contributed by atoms with E-state index in [1.807, 2.05) is 37.3 Å². The Labute approximate surface area is 305 Å². The van der Waals surface area contributed by atoms with Gasteiger partial charge in [-0.2, -0.15) is 0 Å². The lowest BCUT2D eigenvalue weighted by molar-refractivity contribution is -0.163. The number of carbonyl (C=O) groups is 1. The van der Waals surface area contributed by atoms with Crippen LogP contribution in [0.5, 0.6) is 0 Å². The molecule has 0 aliphatic carbocycles. The Morgan fingerprint density at radius 3 is 1.71 bits per heavy atom. The van der Waals surface area contributed by atoms with Crippen molar-refractivity contribution in [3.63, 3.8) is 0 Å². The predicted molar refractivity (Wildman–Crippen MR) is 199 cm³/mol. The molecule has 0 aliphatic rings. The Morgan fingerprint density at radius 1 is 0.686 bits per heavy atom. The standard InChI is InChI=1S/C40H58O10Si/c1-32(26-44-30-48-35(25-41)22-23-39(42)43-6)47-29-46-28-36(24-34-16-10-7-11-17-34)49-31-45-27-33(2)50-51(40(3,4)5,37-18-12-8-13-19-37)38-20-14-9-15-21-38/h7-21,32-33,35-36,41H,22-31H2,1-6H3/t32-,33-,35-,36-/m1/s1. The SMILES string of the molecule is COC(=O)CC[C@H](CO)OCOC[C@@H](C)OCOC[C@@H](Cc1ccccc1)OCOC[C@@H](C)O[Si](c1ccccc1)(c1ccccc1)C(C)(C)C. The van der Waals surface area contributed by atoms with Crippen LogP contribution in [-0.2, 0) is 48.8 Å². The third-order valence-electron chi connectivity index (χ3n) is 8.42. The maximum atomic E-state index is 11.3. The number of rotatable bonds is 25. The van der Waals surface area contributed by atoms with Gasteiger partial charge < -0.3 is 42.7 Å². The lowest BCUT2D eigenvalue weighted by Crippen LogP contribution is -2.67. The van der Waals surface area contributed by atoms with E-state index in [-0.39, 0.29) is 69.3 Å². The molecule has 0 aromatic heterocycles. The summed E-state index contributed by atoms with van der Waals surface area (Å²) in [5.41, 5.74) is 1.13. The molecule has 3 aromatic rings. The van der Waals surface area contributed by atoms with Gasteiger partial charge in [-0.3, -0.25) is 4.79 Å². The third-order valence-corrected chi connectivity index (χ3v) is 13.6. The zero-order valence-electron chi connectivity index (χ0n) is 31.2. The van der Waals surface area contributed by atoms with Gasteiger partial charge in [0.15, 0.2) is 0 Å². The van der Waals surface area contributed by atoms with Crippen molar-refractivity contribution in [3.05, 3.63) is 96.6 Å². The monoisotopic (exact) mass is 726 g/mol. The minimum Gasteiger partial charge on any atom is -0.469 e. The number of aliphatic hydroxyl groups excluding tert-OH is 1. The molecule has 1 N–H and O–H groups in total. The van der Waals surface area contributed by atoms with Crippen LogP contribution in [0.2, 0.25) is 5.04 Å². The van der Waals surface area contributed by atoms with Crippen LogP contribution >= 0.6 is 0 Å². The normalized spacial score (nSPS) is 14.5. The summed E-state index contributed by atoms with van der Waals surface area (Å²) < 4.78 is 46.6. The van der Waals surface area contributed by atoms with Gasteiger partial charge >= 0.3 is 5.97 Å². The van der Waals surface area contributed by atoms with Crippen molar-refractivity contribution >= 4 is 24.7 Å². The number of hydrogen-bond acceptors (Lipinski definition) is 10. The summed E-state index contributed by atoms with van der Waals surface area (Å²) in [6.45, 7) is 11.6. The van der Waals surface area contributed by atoms with E-state index in [0.29, 0.717) is 26.1 Å². The molecule has 3 aromatic carbocycles. The van der Waals surface area contributed by atoms with E-state index in [2.05, 4.69) is 93.1 Å². The van der Waals surface area contributed by atoms with Crippen LogP contribution < -0.4 is 10.4 Å². The molecule has 0 heterocycles.